The minimum Gasteiger partial charge on any atom is -0.324 e. The van der Waals surface area contributed by atoms with Crippen LogP contribution in [0.2, 0.25) is 5.02 Å². The van der Waals surface area contributed by atoms with Gasteiger partial charge in [0.15, 0.2) is 0 Å². The molecule has 1 N–H and O–H groups in total. The number of pyridine rings is 1. The van der Waals surface area contributed by atoms with Gasteiger partial charge in [-0.1, -0.05) is 31.9 Å². The van der Waals surface area contributed by atoms with E-state index < -0.39 is 0 Å². The van der Waals surface area contributed by atoms with Gasteiger partial charge in [-0.3, -0.25) is 9.36 Å². The minimum atomic E-state index is -0.132. The average molecular weight is 538 g/mol. The van der Waals surface area contributed by atoms with Crippen molar-refractivity contribution in [2.24, 2.45) is 17.3 Å². The summed E-state index contributed by atoms with van der Waals surface area (Å²) < 4.78 is 4.37. The van der Waals surface area contributed by atoms with Gasteiger partial charge in [-0.25, -0.2) is 9.29 Å². The maximum Gasteiger partial charge on any atom is 0.271 e. The molecule has 6 nitrogen and oxygen atoms in total. The molecule has 2 saturated carbocycles. The first-order chi connectivity index (χ1) is 17.8. The Hall–Kier alpha value is -2.09. The summed E-state index contributed by atoms with van der Waals surface area (Å²) in [5.41, 5.74) is 2.93. The van der Waals surface area contributed by atoms with Gasteiger partial charge < -0.3 is 5.32 Å². The lowest BCUT2D eigenvalue weighted by Gasteiger charge is -2.33. The number of nitrogens with one attached hydrogen (secondary N) is 1. The number of halogens is 1. The van der Waals surface area contributed by atoms with Gasteiger partial charge in [0.05, 0.1) is 0 Å². The zero-order valence-electron chi connectivity index (χ0n) is 22.0. The van der Waals surface area contributed by atoms with Crippen LogP contribution in [0.5, 0.6) is 0 Å². The number of hydrogen-bond donors (Lipinski definition) is 1. The molecule has 196 valence electrons. The Balaban J connectivity index is 1.23. The summed E-state index contributed by atoms with van der Waals surface area (Å²) >= 11 is 8.23. The summed E-state index contributed by atoms with van der Waals surface area (Å²) in [5.74, 6) is 2.13. The highest BCUT2D eigenvalue weighted by atomic mass is 35.5. The van der Waals surface area contributed by atoms with Crippen molar-refractivity contribution in [3.05, 3.63) is 51.4 Å². The second-order valence-corrected chi connectivity index (χ2v) is 13.2. The van der Waals surface area contributed by atoms with Crippen LogP contribution in [-0.4, -0.2) is 31.9 Å². The summed E-state index contributed by atoms with van der Waals surface area (Å²) in [6.45, 7) is 9.09. The van der Waals surface area contributed by atoms with Crippen LogP contribution in [-0.2, 0) is 0 Å². The summed E-state index contributed by atoms with van der Waals surface area (Å²) in [6.07, 6.45) is 10.1. The Bertz CT molecular complexity index is 1380. The summed E-state index contributed by atoms with van der Waals surface area (Å²) in [7, 11) is 0. The number of rotatable bonds is 6. The molecule has 0 radical (unpaired) electrons. The van der Waals surface area contributed by atoms with Gasteiger partial charge in [0.2, 0.25) is 5.95 Å². The van der Waals surface area contributed by atoms with Gasteiger partial charge in [0.1, 0.15) is 10.7 Å². The number of hydrogen-bond acceptors (Lipinski definition) is 6. The molecule has 0 bridgehead atoms. The Morgan fingerprint density at radius 1 is 1.14 bits per heavy atom. The molecule has 6 rings (SSSR count). The molecule has 0 amide bonds. The average Bonchev–Trinajstić information content (AvgIpc) is 3.54. The number of benzene rings is 1. The summed E-state index contributed by atoms with van der Waals surface area (Å²) in [4.78, 5) is 23.9. The first-order valence-corrected chi connectivity index (χ1v) is 14.9. The third-order valence-corrected chi connectivity index (χ3v) is 10.3. The largest absolute Gasteiger partial charge is 0.324 e. The normalized spacial score (nSPS) is 21.8. The first kappa shape index (κ1) is 25.2. The Morgan fingerprint density at radius 2 is 1.92 bits per heavy atom. The van der Waals surface area contributed by atoms with Gasteiger partial charge in [-0.15, -0.1) is 0 Å². The number of piperidine rings is 1. The van der Waals surface area contributed by atoms with E-state index in [0.717, 1.165) is 54.4 Å². The van der Waals surface area contributed by atoms with Crippen LogP contribution < -0.4 is 10.9 Å². The van der Waals surface area contributed by atoms with Crippen LogP contribution in [0.1, 0.15) is 70.4 Å². The number of anilines is 2. The molecule has 1 aliphatic heterocycles. The van der Waals surface area contributed by atoms with Gasteiger partial charge in [-0.05, 0) is 104 Å². The van der Waals surface area contributed by atoms with Crippen LogP contribution >= 0.6 is 23.5 Å². The van der Waals surface area contributed by atoms with E-state index in [1.165, 1.54) is 37.0 Å². The van der Waals surface area contributed by atoms with E-state index >= 15 is 0 Å². The maximum absolute atomic E-state index is 13.2. The van der Waals surface area contributed by atoms with E-state index in [2.05, 4.69) is 53.6 Å². The fraction of sp³-hybridized carbons (Fsp3) is 0.552. The molecular formula is C29H36ClN5OS. The third kappa shape index (κ3) is 4.90. The predicted octanol–water partition coefficient (Wildman–Crippen LogP) is 7.38. The van der Waals surface area contributed by atoms with E-state index in [-0.39, 0.29) is 22.0 Å². The van der Waals surface area contributed by atoms with Crippen LogP contribution in [0.4, 0.5) is 11.6 Å². The number of fused-ring (bicyclic) bond motifs is 1. The predicted molar refractivity (Wildman–Crippen MR) is 153 cm³/mol. The molecule has 3 aromatic rings. The zero-order chi connectivity index (χ0) is 25.7. The van der Waals surface area contributed by atoms with Crippen molar-refractivity contribution in [3.63, 3.8) is 0 Å². The monoisotopic (exact) mass is 537 g/mol. The van der Waals surface area contributed by atoms with Crippen LogP contribution in [0, 0.1) is 24.2 Å². The zero-order valence-corrected chi connectivity index (χ0v) is 23.5. The Morgan fingerprint density at radius 3 is 2.62 bits per heavy atom. The molecule has 1 saturated heterocycles. The second-order valence-electron chi connectivity index (χ2n) is 11.6. The van der Waals surface area contributed by atoms with E-state index in [1.807, 2.05) is 16.5 Å². The first-order valence-electron chi connectivity index (χ1n) is 13.7. The third-order valence-electron chi connectivity index (χ3n) is 8.91. The summed E-state index contributed by atoms with van der Waals surface area (Å²) in [6, 6.07) is 8.38. The van der Waals surface area contributed by atoms with Crippen molar-refractivity contribution in [2.75, 3.05) is 18.4 Å². The molecule has 1 atom stereocenters. The standard InChI is InChI=1S/C29H36ClN5OS/c1-18(2)20-8-13-34(14-9-20)37-22-6-7-24(19(3)15-22)32-28-31-17-21-16-23(30)27(36)35(26(21)33-28)25-5-4-10-29(25)11-12-29/h6-7,15-18,20,25H,4-5,8-14H2,1-3H3,(H,31,32,33). The molecule has 1 unspecified atom stereocenters. The van der Waals surface area contributed by atoms with Crippen molar-refractivity contribution >= 4 is 46.2 Å². The van der Waals surface area contributed by atoms with Crippen LogP contribution in [0.3, 0.4) is 0 Å². The lowest BCUT2D eigenvalue weighted by atomic mass is 9.87. The second kappa shape index (κ2) is 9.90. The van der Waals surface area contributed by atoms with E-state index in [0.29, 0.717) is 11.6 Å². The van der Waals surface area contributed by atoms with Crippen LogP contribution in [0.25, 0.3) is 11.0 Å². The van der Waals surface area contributed by atoms with Gasteiger partial charge in [0.25, 0.3) is 5.56 Å². The molecule has 3 heterocycles. The van der Waals surface area contributed by atoms with Crippen molar-refractivity contribution < 1.29 is 0 Å². The molecule has 3 aliphatic rings. The molecule has 8 heteroatoms. The number of aryl methyl sites for hydroxylation is 1. The van der Waals surface area contributed by atoms with E-state index in [1.54, 1.807) is 12.3 Å². The quantitative estimate of drug-likeness (QED) is 0.331. The molecular weight excluding hydrogens is 502 g/mol. The fourth-order valence-corrected chi connectivity index (χ4v) is 7.70. The number of nitrogens with zero attached hydrogens (tertiary/aromatic N) is 4. The van der Waals surface area contributed by atoms with Gasteiger partial charge >= 0.3 is 0 Å². The van der Waals surface area contributed by atoms with E-state index in [9.17, 15) is 4.79 Å². The lowest BCUT2D eigenvalue weighted by Crippen LogP contribution is -2.30. The van der Waals surface area contributed by atoms with Gasteiger partial charge in [-0.2, -0.15) is 4.98 Å². The molecule has 3 fully saturated rings. The minimum absolute atomic E-state index is 0.132. The molecule has 2 aliphatic carbocycles. The van der Waals surface area contributed by atoms with E-state index in [4.69, 9.17) is 16.6 Å². The van der Waals surface area contributed by atoms with Crippen molar-refractivity contribution in [2.45, 2.75) is 76.7 Å². The van der Waals surface area contributed by atoms with Crippen molar-refractivity contribution in [3.8, 4) is 0 Å². The van der Waals surface area contributed by atoms with Crippen molar-refractivity contribution in [1.82, 2.24) is 18.8 Å². The lowest BCUT2D eigenvalue weighted by molar-refractivity contribution is 0.237. The fourth-order valence-electron chi connectivity index (χ4n) is 6.44. The highest BCUT2D eigenvalue weighted by Crippen LogP contribution is 2.63. The molecule has 37 heavy (non-hydrogen) atoms. The molecule has 1 spiro atoms. The van der Waals surface area contributed by atoms with Crippen molar-refractivity contribution in [1.29, 1.82) is 0 Å². The maximum atomic E-state index is 13.2. The molecule has 1 aromatic carbocycles. The Labute approximate surface area is 228 Å². The SMILES string of the molecule is Cc1cc(SN2CCC(C(C)C)CC2)ccc1Nc1ncc2cc(Cl)c(=O)n(C3CCCC34CC4)c2n1. The highest BCUT2D eigenvalue weighted by Gasteiger charge is 2.53. The van der Waals surface area contributed by atoms with Crippen LogP contribution in [0.15, 0.2) is 40.2 Å². The highest BCUT2D eigenvalue weighted by molar-refractivity contribution is 7.97. The smallest absolute Gasteiger partial charge is 0.271 e. The number of aromatic nitrogens is 3. The Kier molecular flexibility index (Phi) is 6.74. The molecule has 2 aromatic heterocycles. The topological polar surface area (TPSA) is 63.1 Å². The summed E-state index contributed by atoms with van der Waals surface area (Å²) in [5, 5.41) is 4.46. The van der Waals surface area contributed by atoms with Gasteiger partial charge in [0, 0.05) is 41.3 Å².